The third kappa shape index (κ3) is 3.94. The molecule has 154 valence electrons. The Hall–Kier alpha value is -2.25. The van der Waals surface area contributed by atoms with Crippen LogP contribution in [0.15, 0.2) is 53.7 Å². The molecule has 1 amide bonds. The molecule has 2 aromatic rings. The van der Waals surface area contributed by atoms with E-state index in [4.69, 9.17) is 0 Å². The third-order valence-electron chi connectivity index (χ3n) is 6.23. The molecule has 1 aromatic carbocycles. The maximum absolute atomic E-state index is 13.2. The second-order valence-electron chi connectivity index (χ2n) is 7.92. The minimum Gasteiger partial charge on any atom is -0.338 e. The van der Waals surface area contributed by atoms with Crippen LogP contribution in [0.1, 0.15) is 42.9 Å². The van der Waals surface area contributed by atoms with Crippen molar-refractivity contribution in [2.45, 2.75) is 43.0 Å². The van der Waals surface area contributed by atoms with Gasteiger partial charge in [-0.3, -0.25) is 9.78 Å². The number of carbonyl (C=O) groups is 1. The van der Waals surface area contributed by atoms with Crippen LogP contribution in [0.5, 0.6) is 0 Å². The van der Waals surface area contributed by atoms with E-state index in [1.54, 1.807) is 18.3 Å². The van der Waals surface area contributed by atoms with Crippen molar-refractivity contribution in [2.75, 3.05) is 20.1 Å². The number of benzene rings is 1. The first-order chi connectivity index (χ1) is 14.0. The quantitative estimate of drug-likeness (QED) is 0.773. The summed E-state index contributed by atoms with van der Waals surface area (Å²) >= 11 is 0. The lowest BCUT2D eigenvalue weighted by Crippen LogP contribution is -2.44. The molecule has 2 heterocycles. The van der Waals surface area contributed by atoms with Crippen LogP contribution in [0.3, 0.4) is 0 Å². The van der Waals surface area contributed by atoms with Crippen molar-refractivity contribution in [3.63, 3.8) is 0 Å². The summed E-state index contributed by atoms with van der Waals surface area (Å²) in [5, 5.41) is 0. The molecule has 1 aliphatic heterocycles. The highest BCUT2D eigenvalue weighted by atomic mass is 32.2. The third-order valence-corrected chi connectivity index (χ3v) is 8.11. The topological polar surface area (TPSA) is 70.6 Å². The molecule has 6 nitrogen and oxygen atoms in total. The lowest BCUT2D eigenvalue weighted by atomic mass is 9.86. The van der Waals surface area contributed by atoms with Gasteiger partial charge in [0.05, 0.1) is 6.04 Å². The van der Waals surface area contributed by atoms with Crippen molar-refractivity contribution in [1.29, 1.82) is 0 Å². The Balaban J connectivity index is 1.42. The van der Waals surface area contributed by atoms with Gasteiger partial charge in [0.2, 0.25) is 15.9 Å². The van der Waals surface area contributed by atoms with Gasteiger partial charge in [0.15, 0.2) is 0 Å². The van der Waals surface area contributed by atoms with Gasteiger partial charge in [-0.15, -0.1) is 0 Å². The van der Waals surface area contributed by atoms with Gasteiger partial charge in [-0.25, -0.2) is 8.42 Å². The van der Waals surface area contributed by atoms with E-state index in [0.29, 0.717) is 25.9 Å². The number of carbonyl (C=O) groups excluding carboxylic acids is 1. The van der Waals surface area contributed by atoms with Crippen LogP contribution < -0.4 is 0 Å². The molecule has 1 saturated heterocycles. The number of aromatic nitrogens is 1. The summed E-state index contributed by atoms with van der Waals surface area (Å²) in [5.74, 6) is -0.000402. The van der Waals surface area contributed by atoms with Crippen LogP contribution in [0.25, 0.3) is 0 Å². The van der Waals surface area contributed by atoms with Crippen molar-refractivity contribution in [3.8, 4) is 0 Å². The van der Waals surface area contributed by atoms with Crippen molar-refractivity contribution in [2.24, 2.45) is 5.92 Å². The number of hydrogen-bond donors (Lipinski definition) is 0. The molecule has 1 aliphatic carbocycles. The summed E-state index contributed by atoms with van der Waals surface area (Å²) in [6, 6.07) is 11.7. The highest BCUT2D eigenvalue weighted by molar-refractivity contribution is 7.89. The first-order valence-corrected chi connectivity index (χ1v) is 11.7. The summed E-state index contributed by atoms with van der Waals surface area (Å²) in [6.07, 6.45) is 7.17. The zero-order chi connectivity index (χ0) is 20.4. The number of pyridine rings is 1. The molecule has 1 aromatic heterocycles. The van der Waals surface area contributed by atoms with Gasteiger partial charge in [0, 0.05) is 38.4 Å². The van der Waals surface area contributed by atoms with Crippen LogP contribution in [-0.2, 0) is 21.2 Å². The van der Waals surface area contributed by atoms with Gasteiger partial charge < -0.3 is 4.90 Å². The molecular formula is C22H27N3O3S. The van der Waals surface area contributed by atoms with E-state index in [2.05, 4.69) is 23.2 Å². The van der Waals surface area contributed by atoms with Crippen molar-refractivity contribution in [1.82, 2.24) is 14.2 Å². The van der Waals surface area contributed by atoms with E-state index in [9.17, 15) is 13.2 Å². The Kier molecular flexibility index (Phi) is 5.69. The van der Waals surface area contributed by atoms with Crippen LogP contribution in [0, 0.1) is 5.92 Å². The smallest absolute Gasteiger partial charge is 0.244 e. The Bertz CT molecular complexity index is 970. The molecule has 0 spiro atoms. The molecule has 0 N–H and O–H groups in total. The normalized spacial score (nSPS) is 20.8. The fourth-order valence-electron chi connectivity index (χ4n) is 4.56. The van der Waals surface area contributed by atoms with Crippen LogP contribution >= 0.6 is 0 Å². The largest absolute Gasteiger partial charge is 0.338 e. The summed E-state index contributed by atoms with van der Waals surface area (Å²) < 4.78 is 27.0. The van der Waals surface area contributed by atoms with E-state index in [1.807, 2.05) is 18.0 Å². The summed E-state index contributed by atoms with van der Waals surface area (Å²) in [5.41, 5.74) is 2.59. The monoisotopic (exact) mass is 413 g/mol. The average Bonchev–Trinajstić information content (AvgIpc) is 2.78. The zero-order valence-electron chi connectivity index (χ0n) is 16.7. The van der Waals surface area contributed by atoms with E-state index >= 15 is 0 Å². The molecule has 29 heavy (non-hydrogen) atoms. The highest BCUT2D eigenvalue weighted by Gasteiger charge is 2.35. The van der Waals surface area contributed by atoms with Gasteiger partial charge in [-0.1, -0.05) is 24.3 Å². The standard InChI is InChI=1S/C22H27N3O3S/c1-24(21-10-4-7-17-6-2-3-9-20(17)21)22(26)18-11-14-25(15-12-18)29(27,28)19-8-5-13-23-16-19/h2-3,5-6,8-9,13,16,18,21H,4,7,10-12,14-15H2,1H3/t21-/m1/s1. The van der Waals surface area contributed by atoms with Crippen molar-refractivity contribution < 1.29 is 13.2 Å². The van der Waals surface area contributed by atoms with Gasteiger partial charge in [0.25, 0.3) is 0 Å². The highest BCUT2D eigenvalue weighted by Crippen LogP contribution is 2.35. The lowest BCUT2D eigenvalue weighted by molar-refractivity contribution is -0.138. The first kappa shape index (κ1) is 20.0. The maximum Gasteiger partial charge on any atom is 0.244 e. The summed E-state index contributed by atoms with van der Waals surface area (Å²) in [7, 11) is -1.65. The van der Waals surface area contributed by atoms with Crippen LogP contribution in [-0.4, -0.2) is 48.7 Å². The Morgan fingerprint density at radius 2 is 1.86 bits per heavy atom. The van der Waals surface area contributed by atoms with Crippen molar-refractivity contribution in [3.05, 3.63) is 59.9 Å². The molecule has 0 unspecified atom stereocenters. The molecule has 1 fully saturated rings. The minimum atomic E-state index is -3.55. The van der Waals surface area contributed by atoms with E-state index in [-0.39, 0.29) is 22.8 Å². The number of sulfonamides is 1. The number of rotatable bonds is 4. The lowest BCUT2D eigenvalue weighted by Gasteiger charge is -2.37. The average molecular weight is 414 g/mol. The summed E-state index contributed by atoms with van der Waals surface area (Å²) in [4.78, 5) is 19.2. The summed E-state index contributed by atoms with van der Waals surface area (Å²) in [6.45, 7) is 0.728. The van der Waals surface area contributed by atoms with E-state index in [1.165, 1.54) is 21.6 Å². The molecule has 7 heteroatoms. The van der Waals surface area contributed by atoms with Gasteiger partial charge in [0.1, 0.15) is 4.90 Å². The predicted octanol–water partition coefficient (Wildman–Crippen LogP) is 3.02. The van der Waals surface area contributed by atoms with Crippen LogP contribution in [0.2, 0.25) is 0 Å². The number of aryl methyl sites for hydroxylation is 1. The molecular weight excluding hydrogens is 386 g/mol. The SMILES string of the molecule is CN(C(=O)C1CCN(S(=O)(=O)c2cccnc2)CC1)[C@@H]1CCCc2ccccc21. The van der Waals surface area contributed by atoms with E-state index in [0.717, 1.165) is 19.3 Å². The first-order valence-electron chi connectivity index (χ1n) is 10.2. The predicted molar refractivity (Wildman–Crippen MR) is 111 cm³/mol. The molecule has 4 rings (SSSR count). The molecule has 0 radical (unpaired) electrons. The van der Waals surface area contributed by atoms with Gasteiger partial charge in [-0.2, -0.15) is 4.31 Å². The van der Waals surface area contributed by atoms with Crippen LogP contribution in [0.4, 0.5) is 0 Å². The molecule has 2 aliphatic rings. The van der Waals surface area contributed by atoms with E-state index < -0.39 is 10.0 Å². The number of amides is 1. The fraction of sp³-hybridized carbons (Fsp3) is 0.455. The Morgan fingerprint density at radius 1 is 1.10 bits per heavy atom. The second-order valence-corrected chi connectivity index (χ2v) is 9.86. The molecule has 1 atom stereocenters. The minimum absolute atomic E-state index is 0.115. The Morgan fingerprint density at radius 3 is 2.59 bits per heavy atom. The fourth-order valence-corrected chi connectivity index (χ4v) is 6.00. The van der Waals surface area contributed by atoms with Crippen molar-refractivity contribution >= 4 is 15.9 Å². The number of nitrogens with zero attached hydrogens (tertiary/aromatic N) is 3. The molecule has 0 bridgehead atoms. The maximum atomic E-state index is 13.2. The number of piperidine rings is 1. The Labute approximate surface area is 172 Å². The van der Waals surface area contributed by atoms with Gasteiger partial charge >= 0.3 is 0 Å². The number of hydrogen-bond acceptors (Lipinski definition) is 4. The molecule has 0 saturated carbocycles. The second kappa shape index (κ2) is 8.24. The number of fused-ring (bicyclic) bond motifs is 1. The van der Waals surface area contributed by atoms with Gasteiger partial charge in [-0.05, 0) is 55.4 Å². The zero-order valence-corrected chi connectivity index (χ0v) is 17.5.